The van der Waals surface area contributed by atoms with Gasteiger partial charge in [0.2, 0.25) is 0 Å². The Morgan fingerprint density at radius 3 is 3.00 bits per heavy atom. The van der Waals surface area contributed by atoms with E-state index in [1.54, 1.807) is 19.5 Å². The van der Waals surface area contributed by atoms with Gasteiger partial charge in [0.15, 0.2) is 0 Å². The molecule has 2 atom stereocenters. The predicted octanol–water partition coefficient (Wildman–Crippen LogP) is 1.97. The molecule has 0 radical (unpaired) electrons. The van der Waals surface area contributed by atoms with Crippen LogP contribution >= 0.6 is 0 Å². The largest absolute Gasteiger partial charge is 0.472 e. The minimum atomic E-state index is 0.271. The van der Waals surface area contributed by atoms with E-state index in [2.05, 4.69) is 0 Å². The zero-order chi connectivity index (χ0) is 7.84. The number of carbonyl (C=O) groups excluding carboxylic acids is 1. The van der Waals surface area contributed by atoms with Crippen LogP contribution in [0.25, 0.3) is 0 Å². The fourth-order valence-electron chi connectivity index (χ4n) is 1.50. The van der Waals surface area contributed by atoms with Crippen LogP contribution in [0.3, 0.4) is 0 Å². The van der Waals surface area contributed by atoms with Crippen molar-refractivity contribution < 1.29 is 9.21 Å². The molecule has 2 heteroatoms. The fraction of sp³-hybridized carbons (Fsp3) is 0.444. The van der Waals surface area contributed by atoms with Crippen molar-refractivity contribution in [3.63, 3.8) is 0 Å². The lowest BCUT2D eigenvalue weighted by molar-refractivity contribution is -0.118. The van der Waals surface area contributed by atoms with Crippen LogP contribution in [0, 0.1) is 5.92 Å². The second-order valence-electron chi connectivity index (χ2n) is 3.12. The third kappa shape index (κ3) is 1.09. The van der Waals surface area contributed by atoms with Gasteiger partial charge in [-0.15, -0.1) is 0 Å². The normalized spacial score (nSPS) is 28.5. The summed E-state index contributed by atoms with van der Waals surface area (Å²) in [6.07, 6.45) is 4.40. The topological polar surface area (TPSA) is 30.2 Å². The Bertz CT molecular complexity index is 261. The summed E-state index contributed by atoms with van der Waals surface area (Å²) in [4.78, 5) is 10.9. The molecule has 1 aliphatic carbocycles. The van der Waals surface area contributed by atoms with E-state index >= 15 is 0 Å². The molecule has 2 nitrogen and oxygen atoms in total. The summed E-state index contributed by atoms with van der Waals surface area (Å²) < 4.78 is 4.93. The maximum atomic E-state index is 10.9. The SMILES string of the molecule is CC(=O)C1CC1c1ccoc1. The van der Waals surface area contributed by atoms with Crippen LogP contribution in [0.5, 0.6) is 0 Å². The fourth-order valence-corrected chi connectivity index (χ4v) is 1.50. The quantitative estimate of drug-likeness (QED) is 0.645. The second-order valence-corrected chi connectivity index (χ2v) is 3.12. The number of ketones is 1. The first-order valence-corrected chi connectivity index (χ1v) is 3.81. The van der Waals surface area contributed by atoms with E-state index in [4.69, 9.17) is 4.42 Å². The molecule has 2 rings (SSSR count). The van der Waals surface area contributed by atoms with Crippen LogP contribution in [-0.2, 0) is 4.79 Å². The van der Waals surface area contributed by atoms with Crippen molar-refractivity contribution in [1.29, 1.82) is 0 Å². The number of Topliss-reactive ketones (excluding diaryl/α,β-unsaturated/α-hetero) is 1. The van der Waals surface area contributed by atoms with Crippen molar-refractivity contribution in [1.82, 2.24) is 0 Å². The summed E-state index contributed by atoms with van der Waals surface area (Å²) in [7, 11) is 0. The summed E-state index contributed by atoms with van der Waals surface area (Å²) in [6, 6.07) is 1.94. The van der Waals surface area contributed by atoms with Crippen molar-refractivity contribution in [3.05, 3.63) is 24.2 Å². The highest BCUT2D eigenvalue weighted by molar-refractivity contribution is 5.82. The molecule has 1 aromatic rings. The van der Waals surface area contributed by atoms with E-state index in [1.165, 1.54) is 5.56 Å². The van der Waals surface area contributed by atoms with Gasteiger partial charge in [-0.05, 0) is 30.9 Å². The van der Waals surface area contributed by atoms with Gasteiger partial charge in [-0.1, -0.05) is 0 Å². The molecule has 58 valence electrons. The van der Waals surface area contributed by atoms with Crippen molar-refractivity contribution in [2.45, 2.75) is 19.3 Å². The van der Waals surface area contributed by atoms with Gasteiger partial charge in [0.1, 0.15) is 5.78 Å². The molecule has 0 saturated heterocycles. The smallest absolute Gasteiger partial charge is 0.133 e. The molecule has 2 unspecified atom stereocenters. The third-order valence-corrected chi connectivity index (χ3v) is 2.28. The Balaban J connectivity index is 2.08. The van der Waals surface area contributed by atoms with Gasteiger partial charge in [0.25, 0.3) is 0 Å². The van der Waals surface area contributed by atoms with Gasteiger partial charge < -0.3 is 4.42 Å². The molecule has 1 fully saturated rings. The van der Waals surface area contributed by atoms with E-state index in [1.807, 2.05) is 6.07 Å². The maximum absolute atomic E-state index is 10.9. The lowest BCUT2D eigenvalue weighted by atomic mass is 10.1. The number of carbonyl (C=O) groups is 1. The van der Waals surface area contributed by atoms with E-state index in [0.29, 0.717) is 11.7 Å². The van der Waals surface area contributed by atoms with Crippen molar-refractivity contribution >= 4 is 5.78 Å². The average Bonchev–Trinajstić information content (AvgIpc) is 2.60. The molecule has 1 saturated carbocycles. The van der Waals surface area contributed by atoms with Crippen molar-refractivity contribution in [2.24, 2.45) is 5.92 Å². The predicted molar refractivity (Wildman–Crippen MR) is 40.2 cm³/mol. The molecule has 0 aromatic carbocycles. The molecule has 11 heavy (non-hydrogen) atoms. The Hall–Kier alpha value is -1.05. The summed E-state index contributed by atoms with van der Waals surface area (Å²) >= 11 is 0. The van der Waals surface area contributed by atoms with Gasteiger partial charge in [0, 0.05) is 5.92 Å². The first kappa shape index (κ1) is 6.65. The van der Waals surface area contributed by atoms with Crippen LogP contribution in [0.4, 0.5) is 0 Å². The monoisotopic (exact) mass is 150 g/mol. The van der Waals surface area contributed by atoms with Crippen molar-refractivity contribution in [2.75, 3.05) is 0 Å². The van der Waals surface area contributed by atoms with E-state index in [0.717, 1.165) is 6.42 Å². The third-order valence-electron chi connectivity index (χ3n) is 2.28. The van der Waals surface area contributed by atoms with Gasteiger partial charge >= 0.3 is 0 Å². The molecule has 1 aliphatic rings. The van der Waals surface area contributed by atoms with E-state index < -0.39 is 0 Å². The highest BCUT2D eigenvalue weighted by Crippen LogP contribution is 2.47. The van der Waals surface area contributed by atoms with Crippen LogP contribution < -0.4 is 0 Å². The number of hydrogen-bond acceptors (Lipinski definition) is 2. The van der Waals surface area contributed by atoms with Crippen LogP contribution in [0.2, 0.25) is 0 Å². The molecule has 0 N–H and O–H groups in total. The second kappa shape index (κ2) is 2.22. The standard InChI is InChI=1S/C9H10O2/c1-6(10)8-4-9(8)7-2-3-11-5-7/h2-3,5,8-9H,4H2,1H3. The van der Waals surface area contributed by atoms with Crippen LogP contribution in [0.15, 0.2) is 23.0 Å². The number of rotatable bonds is 2. The number of furan rings is 1. The van der Waals surface area contributed by atoms with Gasteiger partial charge in [-0.25, -0.2) is 0 Å². The maximum Gasteiger partial charge on any atom is 0.133 e. The Labute approximate surface area is 65.2 Å². The van der Waals surface area contributed by atoms with Crippen molar-refractivity contribution in [3.8, 4) is 0 Å². The molecule has 0 amide bonds. The first-order chi connectivity index (χ1) is 5.29. The molecule has 0 bridgehead atoms. The van der Waals surface area contributed by atoms with Gasteiger partial charge in [0.05, 0.1) is 12.5 Å². The Kier molecular flexibility index (Phi) is 1.34. The molecule has 1 heterocycles. The van der Waals surface area contributed by atoms with Crippen LogP contribution in [0.1, 0.15) is 24.8 Å². The zero-order valence-electron chi connectivity index (χ0n) is 6.41. The minimum Gasteiger partial charge on any atom is -0.472 e. The lowest BCUT2D eigenvalue weighted by Crippen LogP contribution is -1.93. The highest BCUT2D eigenvalue weighted by Gasteiger charge is 2.42. The summed E-state index contributed by atoms with van der Waals surface area (Å²) in [6.45, 7) is 1.66. The number of hydrogen-bond donors (Lipinski definition) is 0. The first-order valence-electron chi connectivity index (χ1n) is 3.81. The molecule has 0 aliphatic heterocycles. The summed E-state index contributed by atoms with van der Waals surface area (Å²) in [5, 5.41) is 0. The average molecular weight is 150 g/mol. The lowest BCUT2D eigenvalue weighted by Gasteiger charge is -1.88. The van der Waals surface area contributed by atoms with Crippen LogP contribution in [-0.4, -0.2) is 5.78 Å². The molecular weight excluding hydrogens is 140 g/mol. The zero-order valence-corrected chi connectivity index (χ0v) is 6.41. The Morgan fingerprint density at radius 2 is 2.55 bits per heavy atom. The van der Waals surface area contributed by atoms with E-state index in [-0.39, 0.29) is 5.92 Å². The summed E-state index contributed by atoms with van der Waals surface area (Å²) in [5.41, 5.74) is 1.17. The minimum absolute atomic E-state index is 0.271. The molecule has 1 aromatic heterocycles. The van der Waals surface area contributed by atoms with E-state index in [9.17, 15) is 4.79 Å². The Morgan fingerprint density at radius 1 is 1.73 bits per heavy atom. The van der Waals surface area contributed by atoms with Gasteiger partial charge in [-0.3, -0.25) is 4.79 Å². The molecule has 0 spiro atoms. The van der Waals surface area contributed by atoms with Gasteiger partial charge in [-0.2, -0.15) is 0 Å². The highest BCUT2D eigenvalue weighted by atomic mass is 16.3. The molecular formula is C9H10O2. The summed E-state index contributed by atoms with van der Waals surface area (Å²) in [5.74, 6) is 1.02.